The molecule has 1 saturated carbocycles. The van der Waals surface area contributed by atoms with Crippen LogP contribution in [0.3, 0.4) is 0 Å². The van der Waals surface area contributed by atoms with Gasteiger partial charge in [0.05, 0.1) is 0 Å². The molecule has 1 aliphatic rings. The fourth-order valence-corrected chi connectivity index (χ4v) is 3.89. The summed E-state index contributed by atoms with van der Waals surface area (Å²) in [6, 6.07) is 0. The number of nitrogens with one attached hydrogen (secondary N) is 1. The minimum absolute atomic E-state index is 0.400. The van der Waals surface area contributed by atoms with Crippen molar-refractivity contribution in [1.82, 2.24) is 10.2 Å². The van der Waals surface area contributed by atoms with E-state index in [1.165, 1.54) is 0 Å². The maximum absolute atomic E-state index is 5.94. The molecule has 1 N–H and O–H groups in total. The Kier molecular flexibility index (Phi) is 3.65. The van der Waals surface area contributed by atoms with E-state index in [-0.39, 0.29) is 0 Å². The number of hydrogen-bond acceptors (Lipinski definition) is 5. The number of thioether (sulfide) groups is 1. The maximum Gasteiger partial charge on any atom is 0.206 e. The molecular formula is C8H11Cl2N3S2. The van der Waals surface area contributed by atoms with Crippen molar-refractivity contribution >= 4 is 51.4 Å². The Morgan fingerprint density at radius 1 is 1.60 bits per heavy atom. The van der Waals surface area contributed by atoms with Crippen LogP contribution in [0.5, 0.6) is 0 Å². The van der Waals surface area contributed by atoms with Crippen LogP contribution < -0.4 is 5.32 Å². The predicted molar refractivity (Wildman–Crippen MR) is 67.3 cm³/mol. The first-order valence-electron chi connectivity index (χ1n) is 4.70. The summed E-state index contributed by atoms with van der Waals surface area (Å²) in [5.41, 5.74) is 0. The summed E-state index contributed by atoms with van der Waals surface area (Å²) in [7, 11) is 0. The van der Waals surface area contributed by atoms with E-state index in [1.54, 1.807) is 23.1 Å². The molecule has 0 amide bonds. The van der Waals surface area contributed by atoms with E-state index >= 15 is 0 Å². The Balaban J connectivity index is 1.79. The molecule has 0 bridgehead atoms. The highest BCUT2D eigenvalue weighted by atomic mass is 35.5. The SMILES string of the molecule is CCNc1nnc(SC[C@@H]2CC2(Cl)Cl)s1. The lowest BCUT2D eigenvalue weighted by atomic mass is 10.5. The summed E-state index contributed by atoms with van der Waals surface area (Å²) in [6.45, 7) is 2.90. The standard InChI is InChI=1S/C8H11Cl2N3S2/c1-2-11-6-12-13-7(15-6)14-4-5-3-8(5,9)10/h5H,2-4H2,1H3,(H,11,12)/t5-/m0/s1. The highest BCUT2D eigenvalue weighted by Gasteiger charge is 2.51. The largest absolute Gasteiger partial charge is 0.360 e. The number of hydrogen-bond donors (Lipinski definition) is 1. The molecule has 0 radical (unpaired) electrons. The van der Waals surface area contributed by atoms with Crippen LogP contribution in [0, 0.1) is 5.92 Å². The van der Waals surface area contributed by atoms with Gasteiger partial charge in [-0.05, 0) is 13.3 Å². The second kappa shape index (κ2) is 4.65. The minimum Gasteiger partial charge on any atom is -0.360 e. The van der Waals surface area contributed by atoms with Crippen LogP contribution in [-0.2, 0) is 0 Å². The first-order chi connectivity index (χ1) is 7.12. The summed E-state index contributed by atoms with van der Waals surface area (Å²) < 4.78 is 0.490. The van der Waals surface area contributed by atoms with E-state index in [4.69, 9.17) is 23.2 Å². The summed E-state index contributed by atoms with van der Waals surface area (Å²) in [4.78, 5) is 0. The van der Waals surface area contributed by atoms with Gasteiger partial charge < -0.3 is 5.32 Å². The third-order valence-electron chi connectivity index (χ3n) is 2.10. The molecule has 3 nitrogen and oxygen atoms in total. The molecular weight excluding hydrogens is 273 g/mol. The van der Waals surface area contributed by atoms with Crippen molar-refractivity contribution in [3.63, 3.8) is 0 Å². The zero-order valence-electron chi connectivity index (χ0n) is 8.17. The molecule has 0 unspecified atom stereocenters. The van der Waals surface area contributed by atoms with Crippen molar-refractivity contribution in [2.75, 3.05) is 17.6 Å². The van der Waals surface area contributed by atoms with Crippen molar-refractivity contribution in [3.05, 3.63) is 0 Å². The lowest BCUT2D eigenvalue weighted by Crippen LogP contribution is -1.94. The van der Waals surface area contributed by atoms with Gasteiger partial charge in [-0.1, -0.05) is 23.1 Å². The van der Waals surface area contributed by atoms with Crippen LogP contribution in [0.2, 0.25) is 0 Å². The zero-order chi connectivity index (χ0) is 10.9. The number of alkyl halides is 2. The molecule has 15 heavy (non-hydrogen) atoms. The van der Waals surface area contributed by atoms with Crippen molar-refractivity contribution in [2.45, 2.75) is 22.0 Å². The van der Waals surface area contributed by atoms with Gasteiger partial charge in [-0.3, -0.25) is 0 Å². The monoisotopic (exact) mass is 283 g/mol. The molecule has 1 aliphatic carbocycles. The molecule has 1 aromatic rings. The van der Waals surface area contributed by atoms with Crippen LogP contribution in [0.25, 0.3) is 0 Å². The van der Waals surface area contributed by atoms with E-state index in [1.807, 2.05) is 6.92 Å². The van der Waals surface area contributed by atoms with Crippen LogP contribution in [0.4, 0.5) is 5.13 Å². The number of anilines is 1. The average Bonchev–Trinajstić information content (AvgIpc) is 2.62. The summed E-state index contributed by atoms with van der Waals surface area (Å²) in [5, 5.41) is 12.1. The Hall–Kier alpha value is 0.290. The molecule has 1 atom stereocenters. The fourth-order valence-electron chi connectivity index (χ4n) is 1.11. The maximum atomic E-state index is 5.94. The lowest BCUT2D eigenvalue weighted by molar-refractivity contribution is 0.965. The molecule has 7 heteroatoms. The van der Waals surface area contributed by atoms with Gasteiger partial charge in [-0.2, -0.15) is 0 Å². The Labute approximate surface area is 107 Å². The first-order valence-corrected chi connectivity index (χ1v) is 7.25. The van der Waals surface area contributed by atoms with Crippen molar-refractivity contribution in [2.24, 2.45) is 5.92 Å². The molecule has 0 aliphatic heterocycles. The summed E-state index contributed by atoms with van der Waals surface area (Å²) in [6.07, 6.45) is 0.891. The van der Waals surface area contributed by atoms with Crippen LogP contribution in [-0.4, -0.2) is 26.8 Å². The molecule has 0 spiro atoms. The number of aromatic nitrogens is 2. The van der Waals surface area contributed by atoms with Gasteiger partial charge in [0.25, 0.3) is 0 Å². The molecule has 0 aromatic carbocycles. The van der Waals surface area contributed by atoms with E-state index in [9.17, 15) is 0 Å². The summed E-state index contributed by atoms with van der Waals surface area (Å²) >= 11 is 15.1. The van der Waals surface area contributed by atoms with E-state index < -0.39 is 4.33 Å². The van der Waals surface area contributed by atoms with E-state index in [0.29, 0.717) is 5.92 Å². The highest BCUT2D eigenvalue weighted by molar-refractivity contribution is 8.01. The normalized spacial score (nSPS) is 22.7. The number of halogens is 2. The second-order valence-corrected chi connectivity index (χ2v) is 7.16. The minimum atomic E-state index is -0.484. The van der Waals surface area contributed by atoms with E-state index in [0.717, 1.165) is 28.2 Å². The van der Waals surface area contributed by atoms with Crippen LogP contribution in [0.1, 0.15) is 13.3 Å². The van der Waals surface area contributed by atoms with Crippen LogP contribution >= 0.6 is 46.3 Å². The number of rotatable bonds is 5. The molecule has 1 fully saturated rings. The molecule has 84 valence electrons. The Morgan fingerprint density at radius 3 is 2.93 bits per heavy atom. The number of nitrogens with zero attached hydrogens (tertiary/aromatic N) is 2. The third-order valence-corrected chi connectivity index (χ3v) is 5.20. The smallest absolute Gasteiger partial charge is 0.206 e. The quantitative estimate of drug-likeness (QED) is 0.665. The topological polar surface area (TPSA) is 37.8 Å². The van der Waals surface area contributed by atoms with Crippen molar-refractivity contribution in [1.29, 1.82) is 0 Å². The molecule has 0 saturated heterocycles. The highest BCUT2D eigenvalue weighted by Crippen LogP contribution is 2.54. The van der Waals surface area contributed by atoms with Gasteiger partial charge in [0.2, 0.25) is 5.13 Å². The van der Waals surface area contributed by atoms with Gasteiger partial charge in [0.15, 0.2) is 4.34 Å². The average molecular weight is 284 g/mol. The van der Waals surface area contributed by atoms with Gasteiger partial charge >= 0.3 is 0 Å². The van der Waals surface area contributed by atoms with Crippen LogP contribution in [0.15, 0.2) is 4.34 Å². The summed E-state index contributed by atoms with van der Waals surface area (Å²) in [5.74, 6) is 1.32. The third kappa shape index (κ3) is 3.12. The van der Waals surface area contributed by atoms with Gasteiger partial charge in [0, 0.05) is 18.2 Å². The zero-order valence-corrected chi connectivity index (χ0v) is 11.3. The van der Waals surface area contributed by atoms with Crippen molar-refractivity contribution in [3.8, 4) is 0 Å². The van der Waals surface area contributed by atoms with Gasteiger partial charge in [0.1, 0.15) is 4.33 Å². The van der Waals surface area contributed by atoms with Crippen molar-refractivity contribution < 1.29 is 0 Å². The first kappa shape index (κ1) is 11.8. The van der Waals surface area contributed by atoms with Gasteiger partial charge in [-0.15, -0.1) is 33.4 Å². The molecule has 1 heterocycles. The second-order valence-electron chi connectivity index (χ2n) is 3.38. The fraction of sp³-hybridized carbons (Fsp3) is 0.750. The van der Waals surface area contributed by atoms with E-state index in [2.05, 4.69) is 15.5 Å². The molecule has 2 rings (SSSR count). The Bertz CT molecular complexity index is 342. The Morgan fingerprint density at radius 2 is 2.33 bits per heavy atom. The van der Waals surface area contributed by atoms with Gasteiger partial charge in [-0.25, -0.2) is 0 Å². The molecule has 1 aromatic heterocycles. The lowest BCUT2D eigenvalue weighted by Gasteiger charge is -1.96. The predicted octanol–water partition coefficient (Wildman–Crippen LogP) is 3.26.